The molecule has 1 N–H and O–H groups in total. The highest BCUT2D eigenvalue weighted by molar-refractivity contribution is 5.18. The summed E-state index contributed by atoms with van der Waals surface area (Å²) in [5.74, 6) is 1.33. The summed E-state index contributed by atoms with van der Waals surface area (Å²) >= 11 is 0. The third-order valence-corrected chi connectivity index (χ3v) is 4.95. The number of benzene rings is 1. The second kappa shape index (κ2) is 7.01. The monoisotopic (exact) mass is 329 g/mol. The molecule has 6 nitrogen and oxygen atoms in total. The van der Waals surface area contributed by atoms with Crippen molar-refractivity contribution in [2.45, 2.75) is 43.9 Å². The first-order chi connectivity index (χ1) is 11.8. The van der Waals surface area contributed by atoms with Crippen molar-refractivity contribution in [2.75, 3.05) is 19.8 Å². The van der Waals surface area contributed by atoms with Gasteiger partial charge in [0.2, 0.25) is 5.89 Å². The van der Waals surface area contributed by atoms with Crippen LogP contribution in [0.2, 0.25) is 0 Å². The zero-order chi connectivity index (χ0) is 16.4. The summed E-state index contributed by atoms with van der Waals surface area (Å²) in [6.07, 6.45) is 2.98. The lowest BCUT2D eigenvalue weighted by Crippen LogP contribution is -2.39. The predicted molar refractivity (Wildman–Crippen MR) is 87.5 cm³/mol. The van der Waals surface area contributed by atoms with Crippen LogP contribution in [0.25, 0.3) is 0 Å². The van der Waals surface area contributed by atoms with Crippen molar-refractivity contribution < 1.29 is 14.4 Å². The van der Waals surface area contributed by atoms with Gasteiger partial charge < -0.3 is 14.4 Å². The Balaban J connectivity index is 1.49. The fraction of sp³-hybridized carbons (Fsp3) is 0.556. The second-order valence-electron chi connectivity index (χ2n) is 6.66. The number of aromatic nitrogens is 2. The number of β-amino-alcohol motifs (C(OH)–C–C–N with tert-alkyl or cyclic N) is 1. The van der Waals surface area contributed by atoms with Crippen molar-refractivity contribution >= 4 is 0 Å². The van der Waals surface area contributed by atoms with Gasteiger partial charge in [-0.1, -0.05) is 35.5 Å². The van der Waals surface area contributed by atoms with Crippen molar-refractivity contribution in [1.29, 1.82) is 0 Å². The molecule has 0 spiro atoms. The molecule has 4 rings (SSSR count). The maximum absolute atomic E-state index is 10.1. The SMILES string of the molecule is OC1CC(c2nc(Cc3ccccc3)no2)N(C2CCOCC2)C1. The number of nitrogens with zero attached hydrogens (tertiary/aromatic N) is 3. The van der Waals surface area contributed by atoms with Crippen LogP contribution in [0.15, 0.2) is 34.9 Å². The van der Waals surface area contributed by atoms with Gasteiger partial charge in [0, 0.05) is 32.2 Å². The Bertz CT molecular complexity index is 655. The standard InChI is InChI=1S/C18H23N3O3/c22-15-11-16(21(12-15)14-6-8-23-9-7-14)18-19-17(20-24-18)10-13-4-2-1-3-5-13/h1-5,14-16,22H,6-12H2. The van der Waals surface area contributed by atoms with E-state index in [9.17, 15) is 5.11 Å². The van der Waals surface area contributed by atoms with Crippen LogP contribution in [-0.2, 0) is 11.2 Å². The van der Waals surface area contributed by atoms with Crippen molar-refractivity contribution in [2.24, 2.45) is 0 Å². The number of aliphatic hydroxyl groups excluding tert-OH is 1. The maximum Gasteiger partial charge on any atom is 0.244 e. The summed E-state index contributed by atoms with van der Waals surface area (Å²) in [5, 5.41) is 14.3. The molecule has 128 valence electrons. The Morgan fingerprint density at radius 3 is 2.75 bits per heavy atom. The van der Waals surface area contributed by atoms with Gasteiger partial charge in [-0.2, -0.15) is 4.98 Å². The Kier molecular flexibility index (Phi) is 4.60. The second-order valence-corrected chi connectivity index (χ2v) is 6.66. The van der Waals surface area contributed by atoms with E-state index in [0.29, 0.717) is 37.1 Å². The number of ether oxygens (including phenoxy) is 1. The van der Waals surface area contributed by atoms with E-state index in [-0.39, 0.29) is 12.1 Å². The smallest absolute Gasteiger partial charge is 0.244 e. The molecule has 2 aliphatic rings. The van der Waals surface area contributed by atoms with Gasteiger partial charge in [-0.15, -0.1) is 0 Å². The van der Waals surface area contributed by atoms with E-state index < -0.39 is 0 Å². The van der Waals surface area contributed by atoms with E-state index in [4.69, 9.17) is 9.26 Å². The normalized spacial score (nSPS) is 26.0. The minimum absolute atomic E-state index is 0.0140. The molecule has 2 aromatic rings. The van der Waals surface area contributed by atoms with Gasteiger partial charge in [0.25, 0.3) is 0 Å². The molecule has 2 atom stereocenters. The van der Waals surface area contributed by atoms with Crippen molar-refractivity contribution in [3.8, 4) is 0 Å². The van der Waals surface area contributed by atoms with Gasteiger partial charge in [0.15, 0.2) is 5.82 Å². The number of hydrogen-bond acceptors (Lipinski definition) is 6. The molecule has 0 amide bonds. The average molecular weight is 329 g/mol. The zero-order valence-electron chi connectivity index (χ0n) is 13.7. The highest BCUT2D eigenvalue weighted by Crippen LogP contribution is 2.35. The summed E-state index contributed by atoms with van der Waals surface area (Å²) in [6, 6.07) is 10.6. The van der Waals surface area contributed by atoms with Crippen molar-refractivity contribution in [3.05, 3.63) is 47.6 Å². The highest BCUT2D eigenvalue weighted by atomic mass is 16.5. The summed E-state index contributed by atoms with van der Waals surface area (Å²) in [7, 11) is 0. The first kappa shape index (κ1) is 15.7. The van der Waals surface area contributed by atoms with Gasteiger partial charge in [0.05, 0.1) is 12.1 Å². The molecule has 0 radical (unpaired) electrons. The quantitative estimate of drug-likeness (QED) is 0.924. The fourth-order valence-electron chi connectivity index (χ4n) is 3.75. The van der Waals surface area contributed by atoms with E-state index in [2.05, 4.69) is 27.2 Å². The molecule has 3 heterocycles. The van der Waals surface area contributed by atoms with Crippen LogP contribution >= 0.6 is 0 Å². The van der Waals surface area contributed by atoms with Gasteiger partial charge in [0.1, 0.15) is 0 Å². The Morgan fingerprint density at radius 2 is 1.96 bits per heavy atom. The number of aliphatic hydroxyl groups is 1. The van der Waals surface area contributed by atoms with Crippen molar-refractivity contribution in [3.63, 3.8) is 0 Å². The van der Waals surface area contributed by atoms with Gasteiger partial charge >= 0.3 is 0 Å². The van der Waals surface area contributed by atoms with Crippen LogP contribution in [0, 0.1) is 0 Å². The van der Waals surface area contributed by atoms with E-state index in [1.165, 1.54) is 0 Å². The van der Waals surface area contributed by atoms with E-state index in [1.54, 1.807) is 0 Å². The Morgan fingerprint density at radius 1 is 1.17 bits per heavy atom. The third kappa shape index (κ3) is 3.36. The van der Waals surface area contributed by atoms with Crippen LogP contribution in [0.1, 0.15) is 42.6 Å². The van der Waals surface area contributed by atoms with Gasteiger partial charge in [-0.25, -0.2) is 0 Å². The van der Waals surface area contributed by atoms with E-state index >= 15 is 0 Å². The Labute approximate surface area is 141 Å². The maximum atomic E-state index is 10.1. The number of rotatable bonds is 4. The lowest BCUT2D eigenvalue weighted by molar-refractivity contribution is 0.0214. The molecule has 0 saturated carbocycles. The molecule has 1 aromatic heterocycles. The minimum Gasteiger partial charge on any atom is -0.392 e. The van der Waals surface area contributed by atoms with Crippen LogP contribution in [0.4, 0.5) is 0 Å². The molecule has 0 bridgehead atoms. The topological polar surface area (TPSA) is 71.6 Å². The van der Waals surface area contributed by atoms with Crippen LogP contribution in [0.5, 0.6) is 0 Å². The van der Waals surface area contributed by atoms with E-state index in [1.807, 2.05) is 18.2 Å². The largest absolute Gasteiger partial charge is 0.392 e. The third-order valence-electron chi connectivity index (χ3n) is 4.95. The fourth-order valence-corrected chi connectivity index (χ4v) is 3.75. The molecule has 6 heteroatoms. The molecular formula is C18H23N3O3. The first-order valence-corrected chi connectivity index (χ1v) is 8.67. The van der Waals surface area contributed by atoms with Crippen LogP contribution < -0.4 is 0 Å². The summed E-state index contributed by atoms with van der Waals surface area (Å²) in [5.41, 5.74) is 1.16. The number of hydrogen-bond donors (Lipinski definition) is 1. The molecule has 24 heavy (non-hydrogen) atoms. The molecule has 2 fully saturated rings. The summed E-state index contributed by atoms with van der Waals surface area (Å²) in [6.45, 7) is 2.24. The molecule has 2 saturated heterocycles. The summed E-state index contributed by atoms with van der Waals surface area (Å²) in [4.78, 5) is 6.93. The zero-order valence-corrected chi connectivity index (χ0v) is 13.7. The first-order valence-electron chi connectivity index (χ1n) is 8.67. The number of likely N-dealkylation sites (tertiary alicyclic amines) is 1. The van der Waals surface area contributed by atoms with Crippen molar-refractivity contribution in [1.82, 2.24) is 15.0 Å². The molecule has 1 aromatic carbocycles. The highest BCUT2D eigenvalue weighted by Gasteiger charge is 2.40. The summed E-state index contributed by atoms with van der Waals surface area (Å²) < 4.78 is 11.0. The molecule has 2 aliphatic heterocycles. The predicted octanol–water partition coefficient (Wildman–Crippen LogP) is 1.95. The van der Waals surface area contributed by atoms with Gasteiger partial charge in [-0.05, 0) is 24.8 Å². The van der Waals surface area contributed by atoms with Crippen LogP contribution in [-0.4, -0.2) is 52.1 Å². The lowest BCUT2D eigenvalue weighted by Gasteiger charge is -2.33. The lowest BCUT2D eigenvalue weighted by atomic mass is 10.1. The minimum atomic E-state index is -0.331. The average Bonchev–Trinajstić information content (AvgIpc) is 3.23. The van der Waals surface area contributed by atoms with Crippen LogP contribution in [0.3, 0.4) is 0 Å². The van der Waals surface area contributed by atoms with Gasteiger partial charge in [-0.3, -0.25) is 4.90 Å². The molecule has 2 unspecified atom stereocenters. The molecular weight excluding hydrogens is 306 g/mol. The molecule has 0 aliphatic carbocycles. The Hall–Kier alpha value is -1.76. The van der Waals surface area contributed by atoms with E-state index in [0.717, 1.165) is 31.6 Å².